The number of nitrogens with two attached hydrogens (primary N) is 1. The summed E-state index contributed by atoms with van der Waals surface area (Å²) in [4.78, 5) is 36.1. The molecule has 3 amide bonds. The van der Waals surface area contributed by atoms with Crippen molar-refractivity contribution in [1.29, 1.82) is 0 Å². The van der Waals surface area contributed by atoms with E-state index in [1.165, 1.54) is 4.90 Å². The summed E-state index contributed by atoms with van der Waals surface area (Å²) < 4.78 is 0. The Morgan fingerprint density at radius 2 is 1.72 bits per heavy atom. The molecule has 0 saturated carbocycles. The zero-order valence-corrected chi connectivity index (χ0v) is 11.0. The van der Waals surface area contributed by atoms with Gasteiger partial charge in [0.15, 0.2) is 0 Å². The Hall–Kier alpha value is -1.79. The van der Waals surface area contributed by atoms with Crippen molar-refractivity contribution in [1.82, 2.24) is 9.80 Å². The smallest absolute Gasteiger partial charge is 0.323 e. The van der Waals surface area contributed by atoms with Gasteiger partial charge in [-0.05, 0) is 12.8 Å². The third-order valence-electron chi connectivity index (χ3n) is 2.18. The molecule has 0 bridgehead atoms. The van der Waals surface area contributed by atoms with Gasteiger partial charge in [0.25, 0.3) is 0 Å². The van der Waals surface area contributed by atoms with E-state index in [0.29, 0.717) is 6.54 Å². The molecular weight excluding hydrogens is 238 g/mol. The fourth-order valence-electron chi connectivity index (χ4n) is 1.52. The molecule has 0 unspecified atom stereocenters. The number of carbonyl (C=O) groups is 3. The number of carboxylic acids is 1. The lowest BCUT2D eigenvalue weighted by Crippen LogP contribution is -2.49. The highest BCUT2D eigenvalue weighted by Crippen LogP contribution is 2.04. The number of hydrogen-bond acceptors (Lipinski definition) is 3. The highest BCUT2D eigenvalue weighted by molar-refractivity contribution is 5.85. The number of hydrogen-bond donors (Lipinski definition) is 2. The molecule has 3 N–H and O–H groups in total. The van der Waals surface area contributed by atoms with Crippen LogP contribution in [-0.4, -0.2) is 59.0 Å². The molecule has 18 heavy (non-hydrogen) atoms. The SMILES string of the molecule is CCN(CC(=O)O)C(=O)N(CC(N)=O)CC(C)C. The van der Waals surface area contributed by atoms with E-state index in [-0.39, 0.29) is 25.6 Å². The quantitative estimate of drug-likeness (QED) is 0.669. The van der Waals surface area contributed by atoms with E-state index < -0.39 is 17.9 Å². The maximum absolute atomic E-state index is 12.1. The molecule has 7 nitrogen and oxygen atoms in total. The molecule has 0 heterocycles. The van der Waals surface area contributed by atoms with E-state index in [0.717, 1.165) is 4.90 Å². The van der Waals surface area contributed by atoms with Crippen LogP contribution < -0.4 is 5.73 Å². The maximum Gasteiger partial charge on any atom is 0.323 e. The minimum Gasteiger partial charge on any atom is -0.480 e. The number of amides is 3. The molecule has 0 aliphatic heterocycles. The van der Waals surface area contributed by atoms with Crippen molar-refractivity contribution in [2.24, 2.45) is 11.7 Å². The van der Waals surface area contributed by atoms with Crippen molar-refractivity contribution < 1.29 is 19.5 Å². The van der Waals surface area contributed by atoms with Crippen molar-refractivity contribution in [3.05, 3.63) is 0 Å². The van der Waals surface area contributed by atoms with Gasteiger partial charge < -0.3 is 20.6 Å². The van der Waals surface area contributed by atoms with Crippen molar-refractivity contribution in [2.45, 2.75) is 20.8 Å². The molecule has 0 aromatic heterocycles. The zero-order valence-electron chi connectivity index (χ0n) is 11.0. The van der Waals surface area contributed by atoms with Gasteiger partial charge in [0.05, 0.1) is 0 Å². The number of likely N-dealkylation sites (N-methyl/N-ethyl adjacent to an activating group) is 1. The molecule has 0 atom stereocenters. The van der Waals surface area contributed by atoms with Gasteiger partial charge in [0, 0.05) is 13.1 Å². The number of carbonyl (C=O) groups excluding carboxylic acids is 2. The van der Waals surface area contributed by atoms with E-state index in [4.69, 9.17) is 10.8 Å². The van der Waals surface area contributed by atoms with Crippen molar-refractivity contribution in [2.75, 3.05) is 26.2 Å². The summed E-state index contributed by atoms with van der Waals surface area (Å²) in [5, 5.41) is 8.71. The van der Waals surface area contributed by atoms with Crippen LogP contribution in [0.2, 0.25) is 0 Å². The first kappa shape index (κ1) is 16.2. The van der Waals surface area contributed by atoms with Crippen LogP contribution in [0.3, 0.4) is 0 Å². The fourth-order valence-corrected chi connectivity index (χ4v) is 1.52. The minimum atomic E-state index is -1.09. The van der Waals surface area contributed by atoms with E-state index >= 15 is 0 Å². The van der Waals surface area contributed by atoms with Crippen LogP contribution in [0.5, 0.6) is 0 Å². The molecule has 104 valence electrons. The van der Waals surface area contributed by atoms with Crippen molar-refractivity contribution in [3.63, 3.8) is 0 Å². The van der Waals surface area contributed by atoms with Gasteiger partial charge in [-0.2, -0.15) is 0 Å². The summed E-state index contributed by atoms with van der Waals surface area (Å²) >= 11 is 0. The van der Waals surface area contributed by atoms with Crippen LogP contribution in [0.1, 0.15) is 20.8 Å². The van der Waals surface area contributed by atoms with Crippen LogP contribution in [0.15, 0.2) is 0 Å². The number of urea groups is 1. The van der Waals surface area contributed by atoms with Crippen molar-refractivity contribution >= 4 is 17.9 Å². The second-order valence-corrected chi connectivity index (χ2v) is 4.43. The van der Waals surface area contributed by atoms with Crippen LogP contribution >= 0.6 is 0 Å². The Morgan fingerprint density at radius 1 is 1.17 bits per heavy atom. The Bertz CT molecular complexity index is 317. The molecule has 0 aromatic rings. The van der Waals surface area contributed by atoms with Crippen LogP contribution in [0, 0.1) is 5.92 Å². The zero-order chi connectivity index (χ0) is 14.3. The molecule has 0 rings (SSSR count). The lowest BCUT2D eigenvalue weighted by atomic mass is 10.2. The average molecular weight is 259 g/mol. The maximum atomic E-state index is 12.1. The van der Waals surface area contributed by atoms with Gasteiger partial charge in [-0.3, -0.25) is 9.59 Å². The van der Waals surface area contributed by atoms with E-state index in [9.17, 15) is 14.4 Å². The van der Waals surface area contributed by atoms with Gasteiger partial charge >= 0.3 is 12.0 Å². The Kier molecular flexibility index (Phi) is 6.77. The number of nitrogens with zero attached hydrogens (tertiary/aromatic N) is 2. The summed E-state index contributed by atoms with van der Waals surface area (Å²) in [6, 6.07) is -0.479. The molecular formula is C11H21N3O4. The monoisotopic (exact) mass is 259 g/mol. The molecule has 7 heteroatoms. The molecule has 0 aromatic carbocycles. The summed E-state index contributed by atoms with van der Waals surface area (Å²) in [6.07, 6.45) is 0. The summed E-state index contributed by atoms with van der Waals surface area (Å²) in [7, 11) is 0. The number of aliphatic carboxylic acids is 1. The predicted molar refractivity (Wildman–Crippen MR) is 65.9 cm³/mol. The van der Waals surface area contributed by atoms with Gasteiger partial charge in [-0.25, -0.2) is 4.79 Å². The normalized spacial score (nSPS) is 10.2. The molecule has 0 fully saturated rings. The lowest BCUT2D eigenvalue weighted by Gasteiger charge is -2.29. The highest BCUT2D eigenvalue weighted by atomic mass is 16.4. The van der Waals surface area contributed by atoms with Gasteiger partial charge in [-0.15, -0.1) is 0 Å². The minimum absolute atomic E-state index is 0.164. The first-order valence-electron chi connectivity index (χ1n) is 5.81. The molecule has 0 aliphatic carbocycles. The Morgan fingerprint density at radius 3 is 2.06 bits per heavy atom. The lowest BCUT2D eigenvalue weighted by molar-refractivity contribution is -0.137. The molecule has 0 saturated heterocycles. The van der Waals surface area contributed by atoms with Crippen LogP contribution in [0.25, 0.3) is 0 Å². The van der Waals surface area contributed by atoms with E-state index in [1.54, 1.807) is 6.92 Å². The van der Waals surface area contributed by atoms with Crippen LogP contribution in [0.4, 0.5) is 4.79 Å². The van der Waals surface area contributed by atoms with Crippen molar-refractivity contribution in [3.8, 4) is 0 Å². The number of rotatable bonds is 7. The number of primary amides is 1. The third-order valence-corrected chi connectivity index (χ3v) is 2.18. The van der Waals surface area contributed by atoms with E-state index in [1.807, 2.05) is 13.8 Å². The van der Waals surface area contributed by atoms with Gasteiger partial charge in [0.1, 0.15) is 13.1 Å². The topological polar surface area (TPSA) is 104 Å². The summed E-state index contributed by atoms with van der Waals surface area (Å²) in [5.74, 6) is -1.54. The first-order valence-corrected chi connectivity index (χ1v) is 5.81. The second-order valence-electron chi connectivity index (χ2n) is 4.43. The predicted octanol–water partition coefficient (Wildman–Crippen LogP) is -0.0438. The van der Waals surface area contributed by atoms with E-state index in [2.05, 4.69) is 0 Å². The largest absolute Gasteiger partial charge is 0.480 e. The molecule has 0 spiro atoms. The fraction of sp³-hybridized carbons (Fsp3) is 0.727. The number of carboxylic acid groups (broad SMARTS) is 1. The van der Waals surface area contributed by atoms with Gasteiger partial charge in [0.2, 0.25) is 5.91 Å². The van der Waals surface area contributed by atoms with Crippen LogP contribution in [-0.2, 0) is 9.59 Å². The molecule has 0 radical (unpaired) electrons. The Balaban J connectivity index is 4.78. The highest BCUT2D eigenvalue weighted by Gasteiger charge is 2.23. The Labute approximate surface area is 107 Å². The standard InChI is InChI=1S/C11H21N3O4/c1-4-13(7-10(16)17)11(18)14(5-8(2)3)6-9(12)15/h8H,4-7H2,1-3H3,(H2,12,15)(H,16,17). The first-order chi connectivity index (χ1) is 8.27. The summed E-state index contributed by atoms with van der Waals surface area (Å²) in [6.45, 7) is 5.51. The summed E-state index contributed by atoms with van der Waals surface area (Å²) in [5.41, 5.74) is 5.08. The molecule has 0 aliphatic rings. The average Bonchev–Trinajstić information content (AvgIpc) is 2.22. The second kappa shape index (κ2) is 7.52. The van der Waals surface area contributed by atoms with Gasteiger partial charge in [-0.1, -0.05) is 13.8 Å². The third kappa shape index (κ3) is 6.07.